The van der Waals surface area contributed by atoms with Crippen LogP contribution in [0.5, 0.6) is 0 Å². The number of halogens is 1. The van der Waals surface area contributed by atoms with Gasteiger partial charge in [-0.05, 0) is 32.0 Å². The maximum absolute atomic E-state index is 10.7. The van der Waals surface area contributed by atoms with Crippen molar-refractivity contribution in [3.63, 3.8) is 0 Å². The van der Waals surface area contributed by atoms with Crippen molar-refractivity contribution in [2.75, 3.05) is 0 Å². The van der Waals surface area contributed by atoms with Gasteiger partial charge in [-0.15, -0.1) is 0 Å². The van der Waals surface area contributed by atoms with Gasteiger partial charge in [0.15, 0.2) is 0 Å². The maximum atomic E-state index is 10.7. The number of hydrogen-bond acceptors (Lipinski definition) is 2. The second kappa shape index (κ2) is 6.27. The number of aromatic nitrogens is 2. The highest BCUT2D eigenvalue weighted by Gasteiger charge is 2.24. The number of imidazole rings is 1. The fraction of sp³-hybridized carbons (Fsp3) is 0.136. The third-order valence-electron chi connectivity index (χ3n) is 4.47. The van der Waals surface area contributed by atoms with Gasteiger partial charge in [0.25, 0.3) is 0 Å². The standard InChI is InChI=1S/C22H19ClN2O/c1-22(2,26)16-11-6-7-13-18(16)25-19-14-8-12-17(23)20(19)24-21(25)15-9-4-3-5-10-15/h3-14,26H,1-2H3. The number of para-hydroxylation sites is 2. The molecule has 0 atom stereocenters. The van der Waals surface area contributed by atoms with E-state index in [0.29, 0.717) is 5.02 Å². The van der Waals surface area contributed by atoms with E-state index >= 15 is 0 Å². The molecule has 3 aromatic carbocycles. The zero-order valence-corrected chi connectivity index (χ0v) is 15.4. The van der Waals surface area contributed by atoms with Crippen LogP contribution in [0.25, 0.3) is 28.1 Å². The van der Waals surface area contributed by atoms with E-state index < -0.39 is 5.60 Å². The van der Waals surface area contributed by atoms with Gasteiger partial charge in [-0.2, -0.15) is 0 Å². The molecule has 0 radical (unpaired) electrons. The first-order chi connectivity index (χ1) is 12.5. The molecule has 0 aliphatic carbocycles. The van der Waals surface area contributed by atoms with E-state index in [0.717, 1.165) is 33.7 Å². The minimum absolute atomic E-state index is 0.610. The molecule has 0 bridgehead atoms. The van der Waals surface area contributed by atoms with Crippen LogP contribution >= 0.6 is 11.6 Å². The van der Waals surface area contributed by atoms with E-state index in [9.17, 15) is 5.11 Å². The summed E-state index contributed by atoms with van der Waals surface area (Å²) in [6.45, 7) is 3.58. The molecule has 0 unspecified atom stereocenters. The maximum Gasteiger partial charge on any atom is 0.145 e. The Morgan fingerprint density at radius 1 is 0.885 bits per heavy atom. The number of hydrogen-bond donors (Lipinski definition) is 1. The van der Waals surface area contributed by atoms with Crippen LogP contribution in [0, 0.1) is 0 Å². The van der Waals surface area contributed by atoms with Gasteiger partial charge in [-0.1, -0.05) is 66.2 Å². The fourth-order valence-electron chi connectivity index (χ4n) is 3.28. The first-order valence-corrected chi connectivity index (χ1v) is 8.89. The topological polar surface area (TPSA) is 38.0 Å². The third-order valence-corrected chi connectivity index (χ3v) is 4.78. The van der Waals surface area contributed by atoms with E-state index in [1.807, 2.05) is 72.8 Å². The van der Waals surface area contributed by atoms with E-state index in [-0.39, 0.29) is 0 Å². The molecular weight excluding hydrogens is 344 g/mol. The largest absolute Gasteiger partial charge is 0.386 e. The summed E-state index contributed by atoms with van der Waals surface area (Å²) in [5.41, 5.74) is 3.39. The first-order valence-electron chi connectivity index (χ1n) is 8.51. The highest BCUT2D eigenvalue weighted by atomic mass is 35.5. The quantitative estimate of drug-likeness (QED) is 0.517. The summed E-state index contributed by atoms with van der Waals surface area (Å²) >= 11 is 6.42. The molecule has 0 spiro atoms. The second-order valence-electron chi connectivity index (χ2n) is 6.82. The van der Waals surface area contributed by atoms with Crippen LogP contribution in [0.2, 0.25) is 5.02 Å². The Morgan fingerprint density at radius 2 is 1.58 bits per heavy atom. The Balaban J connectivity index is 2.12. The summed E-state index contributed by atoms with van der Waals surface area (Å²) in [4.78, 5) is 4.83. The Labute approximate surface area is 157 Å². The average molecular weight is 363 g/mol. The van der Waals surface area contributed by atoms with Gasteiger partial charge in [0, 0.05) is 11.1 Å². The van der Waals surface area contributed by atoms with E-state index in [1.165, 1.54) is 0 Å². The van der Waals surface area contributed by atoms with Crippen molar-refractivity contribution in [1.29, 1.82) is 0 Å². The summed E-state index contributed by atoms with van der Waals surface area (Å²) in [5, 5.41) is 11.3. The Bertz CT molecular complexity index is 1080. The van der Waals surface area contributed by atoms with Crippen LogP contribution in [0.3, 0.4) is 0 Å². The summed E-state index contributed by atoms with van der Waals surface area (Å²) in [7, 11) is 0. The van der Waals surface area contributed by atoms with Gasteiger partial charge in [-0.3, -0.25) is 4.57 Å². The molecule has 4 rings (SSSR count). The lowest BCUT2D eigenvalue weighted by molar-refractivity contribution is 0.0786. The molecule has 1 heterocycles. The molecule has 130 valence electrons. The first kappa shape index (κ1) is 16.8. The number of nitrogens with zero attached hydrogens (tertiary/aromatic N) is 2. The lowest BCUT2D eigenvalue weighted by Crippen LogP contribution is -2.18. The number of fused-ring (bicyclic) bond motifs is 1. The van der Waals surface area contributed by atoms with Crippen LogP contribution in [0.1, 0.15) is 19.4 Å². The lowest BCUT2D eigenvalue weighted by Gasteiger charge is -2.23. The lowest BCUT2D eigenvalue weighted by atomic mass is 9.96. The Hall–Kier alpha value is -2.62. The van der Waals surface area contributed by atoms with Crippen molar-refractivity contribution in [1.82, 2.24) is 9.55 Å². The van der Waals surface area contributed by atoms with E-state index in [4.69, 9.17) is 16.6 Å². The number of rotatable bonds is 3. The Kier molecular flexibility index (Phi) is 4.06. The van der Waals surface area contributed by atoms with Crippen LogP contribution in [0.15, 0.2) is 72.8 Å². The summed E-state index contributed by atoms with van der Waals surface area (Å²) in [6.07, 6.45) is 0. The minimum Gasteiger partial charge on any atom is -0.386 e. The molecule has 1 N–H and O–H groups in total. The van der Waals surface area contributed by atoms with Gasteiger partial charge in [0.2, 0.25) is 0 Å². The van der Waals surface area contributed by atoms with Crippen LogP contribution in [0.4, 0.5) is 0 Å². The molecule has 0 saturated carbocycles. The van der Waals surface area contributed by atoms with Crippen molar-refractivity contribution in [3.05, 3.63) is 83.4 Å². The van der Waals surface area contributed by atoms with Gasteiger partial charge < -0.3 is 5.11 Å². The fourth-order valence-corrected chi connectivity index (χ4v) is 3.49. The van der Waals surface area contributed by atoms with Crippen LogP contribution < -0.4 is 0 Å². The molecule has 26 heavy (non-hydrogen) atoms. The normalized spacial score (nSPS) is 11.8. The molecule has 0 fully saturated rings. The highest BCUT2D eigenvalue weighted by molar-refractivity contribution is 6.35. The van der Waals surface area contributed by atoms with Gasteiger partial charge in [-0.25, -0.2) is 4.98 Å². The second-order valence-corrected chi connectivity index (χ2v) is 7.23. The number of aliphatic hydroxyl groups is 1. The molecule has 0 aliphatic heterocycles. The number of benzene rings is 3. The average Bonchev–Trinajstić information content (AvgIpc) is 3.02. The van der Waals surface area contributed by atoms with E-state index in [2.05, 4.69) is 4.57 Å². The minimum atomic E-state index is -0.986. The zero-order chi connectivity index (χ0) is 18.3. The van der Waals surface area contributed by atoms with Gasteiger partial charge in [0.1, 0.15) is 11.3 Å². The van der Waals surface area contributed by atoms with Gasteiger partial charge >= 0.3 is 0 Å². The van der Waals surface area contributed by atoms with Crippen molar-refractivity contribution in [2.45, 2.75) is 19.4 Å². The van der Waals surface area contributed by atoms with Crippen LogP contribution in [-0.4, -0.2) is 14.7 Å². The summed E-state index contributed by atoms with van der Waals surface area (Å²) < 4.78 is 2.07. The monoisotopic (exact) mass is 362 g/mol. The molecule has 3 nitrogen and oxygen atoms in total. The van der Waals surface area contributed by atoms with Crippen molar-refractivity contribution < 1.29 is 5.11 Å². The van der Waals surface area contributed by atoms with Crippen molar-refractivity contribution in [2.24, 2.45) is 0 Å². The predicted molar refractivity (Wildman–Crippen MR) is 107 cm³/mol. The van der Waals surface area contributed by atoms with E-state index in [1.54, 1.807) is 13.8 Å². The zero-order valence-electron chi connectivity index (χ0n) is 14.6. The van der Waals surface area contributed by atoms with Crippen molar-refractivity contribution in [3.8, 4) is 17.1 Å². The predicted octanol–water partition coefficient (Wildman–Crippen LogP) is 5.57. The SMILES string of the molecule is CC(C)(O)c1ccccc1-n1c(-c2ccccc2)nc2c(Cl)cccc21. The molecular formula is C22H19ClN2O. The third kappa shape index (κ3) is 2.79. The summed E-state index contributed by atoms with van der Waals surface area (Å²) in [5.74, 6) is 0.797. The summed E-state index contributed by atoms with van der Waals surface area (Å²) in [6, 6.07) is 23.6. The molecule has 0 amide bonds. The molecule has 1 aromatic heterocycles. The Morgan fingerprint density at radius 3 is 2.31 bits per heavy atom. The van der Waals surface area contributed by atoms with Crippen molar-refractivity contribution >= 4 is 22.6 Å². The highest BCUT2D eigenvalue weighted by Crippen LogP contribution is 2.35. The molecule has 4 aromatic rings. The van der Waals surface area contributed by atoms with Crippen LogP contribution in [-0.2, 0) is 5.60 Å². The molecule has 0 saturated heterocycles. The smallest absolute Gasteiger partial charge is 0.145 e. The molecule has 0 aliphatic rings. The molecule has 4 heteroatoms. The van der Waals surface area contributed by atoms with Gasteiger partial charge in [0.05, 0.1) is 21.8 Å².